The van der Waals surface area contributed by atoms with Crippen LogP contribution in [-0.2, 0) is 0 Å². The van der Waals surface area contributed by atoms with Gasteiger partial charge in [-0.1, -0.05) is 23.2 Å². The van der Waals surface area contributed by atoms with Crippen molar-refractivity contribution in [3.05, 3.63) is 33.5 Å². The molecular weight excluding hydrogens is 323 g/mol. The van der Waals surface area contributed by atoms with Crippen molar-refractivity contribution < 1.29 is 4.74 Å². The highest BCUT2D eigenvalue weighted by Gasteiger charge is 2.09. The SMILES string of the molecule is CC(C)Oc1nc(Cl)nc(Nc2ccc(Cl)cc2Cl)n1. The first-order valence-corrected chi connectivity index (χ1v) is 6.88. The minimum absolute atomic E-state index is 0.0308. The first-order chi connectivity index (χ1) is 9.44. The molecule has 1 aromatic heterocycles. The Hall–Kier alpha value is -1.30. The van der Waals surface area contributed by atoms with Crippen LogP contribution < -0.4 is 10.1 Å². The highest BCUT2D eigenvalue weighted by atomic mass is 35.5. The topological polar surface area (TPSA) is 59.9 Å². The molecule has 0 atom stereocenters. The van der Waals surface area contributed by atoms with Crippen LogP contribution in [0.1, 0.15) is 13.8 Å². The second kappa shape index (κ2) is 6.43. The zero-order valence-corrected chi connectivity index (χ0v) is 13.0. The van der Waals surface area contributed by atoms with Crippen molar-refractivity contribution in [2.75, 3.05) is 5.32 Å². The molecule has 0 fully saturated rings. The van der Waals surface area contributed by atoms with Crippen LogP contribution in [-0.4, -0.2) is 21.1 Å². The third-order valence-corrected chi connectivity index (χ3v) is 2.82. The lowest BCUT2D eigenvalue weighted by atomic mass is 10.3. The number of rotatable bonds is 4. The van der Waals surface area contributed by atoms with Crippen molar-refractivity contribution in [3.8, 4) is 6.01 Å². The Morgan fingerprint density at radius 3 is 2.50 bits per heavy atom. The highest BCUT2D eigenvalue weighted by molar-refractivity contribution is 6.36. The minimum atomic E-state index is -0.0690. The number of hydrogen-bond acceptors (Lipinski definition) is 5. The summed E-state index contributed by atoms with van der Waals surface area (Å²) >= 11 is 17.7. The molecule has 0 saturated heterocycles. The fourth-order valence-electron chi connectivity index (χ4n) is 1.36. The van der Waals surface area contributed by atoms with Crippen molar-refractivity contribution in [2.45, 2.75) is 20.0 Å². The number of benzene rings is 1. The van der Waals surface area contributed by atoms with Gasteiger partial charge in [0.25, 0.3) is 0 Å². The number of ether oxygens (including phenoxy) is 1. The average Bonchev–Trinajstić information content (AvgIpc) is 2.31. The van der Waals surface area contributed by atoms with Gasteiger partial charge in [-0.25, -0.2) is 0 Å². The Morgan fingerprint density at radius 1 is 1.10 bits per heavy atom. The zero-order valence-electron chi connectivity index (χ0n) is 10.7. The highest BCUT2D eigenvalue weighted by Crippen LogP contribution is 2.27. The van der Waals surface area contributed by atoms with Crippen LogP contribution in [0.5, 0.6) is 6.01 Å². The molecular formula is C12H11Cl3N4O. The van der Waals surface area contributed by atoms with Gasteiger partial charge < -0.3 is 10.1 Å². The molecule has 0 bridgehead atoms. The summed E-state index contributed by atoms with van der Waals surface area (Å²) < 4.78 is 5.38. The zero-order chi connectivity index (χ0) is 14.7. The van der Waals surface area contributed by atoms with Crippen molar-refractivity contribution in [3.63, 3.8) is 0 Å². The molecule has 2 aromatic rings. The summed E-state index contributed by atoms with van der Waals surface area (Å²) in [6, 6.07) is 5.17. The molecule has 20 heavy (non-hydrogen) atoms. The minimum Gasteiger partial charge on any atom is -0.461 e. The summed E-state index contributed by atoms with van der Waals surface area (Å²) in [5.41, 5.74) is 0.605. The molecule has 0 unspecified atom stereocenters. The first kappa shape index (κ1) is 15.1. The van der Waals surface area contributed by atoms with E-state index in [1.807, 2.05) is 13.8 Å². The van der Waals surface area contributed by atoms with Gasteiger partial charge in [0, 0.05) is 5.02 Å². The van der Waals surface area contributed by atoms with Crippen LogP contribution in [0.15, 0.2) is 18.2 Å². The number of nitrogens with one attached hydrogen (secondary N) is 1. The number of hydrogen-bond donors (Lipinski definition) is 1. The maximum atomic E-state index is 6.06. The smallest absolute Gasteiger partial charge is 0.322 e. The van der Waals surface area contributed by atoms with E-state index >= 15 is 0 Å². The van der Waals surface area contributed by atoms with E-state index in [9.17, 15) is 0 Å². The maximum Gasteiger partial charge on any atom is 0.322 e. The van der Waals surface area contributed by atoms with Crippen molar-refractivity contribution in [1.82, 2.24) is 15.0 Å². The molecule has 1 heterocycles. The second-order valence-corrected chi connectivity index (χ2v) is 5.31. The van der Waals surface area contributed by atoms with Gasteiger partial charge in [0.15, 0.2) is 0 Å². The molecule has 0 aliphatic rings. The van der Waals surface area contributed by atoms with E-state index in [1.54, 1.807) is 18.2 Å². The van der Waals surface area contributed by atoms with Crippen LogP contribution >= 0.6 is 34.8 Å². The molecule has 1 aromatic carbocycles. The largest absolute Gasteiger partial charge is 0.461 e. The third-order valence-electron chi connectivity index (χ3n) is 2.11. The molecule has 0 amide bonds. The van der Waals surface area contributed by atoms with Crippen LogP contribution in [0.3, 0.4) is 0 Å². The second-order valence-electron chi connectivity index (χ2n) is 4.13. The van der Waals surface area contributed by atoms with Crippen molar-refractivity contribution >= 4 is 46.4 Å². The van der Waals surface area contributed by atoms with Gasteiger partial charge in [-0.05, 0) is 43.6 Å². The number of aromatic nitrogens is 3. The molecule has 1 N–H and O–H groups in total. The summed E-state index contributed by atoms with van der Waals surface area (Å²) in [5.74, 6) is 0.241. The van der Waals surface area contributed by atoms with Gasteiger partial charge in [0.05, 0.1) is 16.8 Å². The summed E-state index contributed by atoms with van der Waals surface area (Å²) in [7, 11) is 0. The molecule has 0 aliphatic carbocycles. The van der Waals surface area contributed by atoms with Gasteiger partial charge >= 0.3 is 6.01 Å². The Kier molecular flexibility index (Phi) is 4.86. The van der Waals surface area contributed by atoms with Gasteiger partial charge in [-0.3, -0.25) is 0 Å². The Balaban J connectivity index is 2.26. The fraction of sp³-hybridized carbons (Fsp3) is 0.250. The predicted molar refractivity (Wildman–Crippen MR) is 80.3 cm³/mol. The van der Waals surface area contributed by atoms with E-state index in [2.05, 4.69) is 20.3 Å². The number of nitrogens with zero attached hydrogens (tertiary/aromatic N) is 3. The molecule has 5 nitrogen and oxygen atoms in total. The van der Waals surface area contributed by atoms with Crippen LogP contribution in [0, 0.1) is 0 Å². The monoisotopic (exact) mass is 332 g/mol. The average molecular weight is 334 g/mol. The lowest BCUT2D eigenvalue weighted by molar-refractivity contribution is 0.222. The van der Waals surface area contributed by atoms with E-state index in [0.717, 1.165) is 0 Å². The van der Waals surface area contributed by atoms with E-state index < -0.39 is 0 Å². The Labute approximate surface area is 131 Å². The van der Waals surface area contributed by atoms with Gasteiger partial charge in [-0.15, -0.1) is 0 Å². The van der Waals surface area contributed by atoms with Crippen molar-refractivity contribution in [2.24, 2.45) is 0 Å². The third kappa shape index (κ3) is 4.10. The lowest BCUT2D eigenvalue weighted by Gasteiger charge is -2.10. The Bertz CT molecular complexity index is 622. The number of anilines is 2. The van der Waals surface area contributed by atoms with Crippen LogP contribution in [0.4, 0.5) is 11.6 Å². The van der Waals surface area contributed by atoms with Gasteiger partial charge in [0.2, 0.25) is 11.2 Å². The van der Waals surface area contributed by atoms with Gasteiger partial charge in [0.1, 0.15) is 0 Å². The normalized spacial score (nSPS) is 10.7. The van der Waals surface area contributed by atoms with Crippen LogP contribution in [0.25, 0.3) is 0 Å². The number of halogens is 3. The van der Waals surface area contributed by atoms with Gasteiger partial charge in [-0.2, -0.15) is 15.0 Å². The lowest BCUT2D eigenvalue weighted by Crippen LogP contribution is -2.10. The quantitative estimate of drug-likeness (QED) is 0.900. The van der Waals surface area contributed by atoms with Crippen molar-refractivity contribution in [1.29, 1.82) is 0 Å². The molecule has 2 rings (SSSR count). The van der Waals surface area contributed by atoms with E-state index in [4.69, 9.17) is 39.5 Å². The predicted octanol–water partition coefficient (Wildman–Crippen LogP) is 4.36. The fourth-order valence-corrected chi connectivity index (χ4v) is 1.97. The summed E-state index contributed by atoms with van der Waals surface area (Å²) in [6.07, 6.45) is -0.0690. The Morgan fingerprint density at radius 2 is 1.85 bits per heavy atom. The van der Waals surface area contributed by atoms with E-state index in [0.29, 0.717) is 15.7 Å². The molecule has 0 saturated carbocycles. The van der Waals surface area contributed by atoms with E-state index in [1.165, 1.54) is 0 Å². The van der Waals surface area contributed by atoms with E-state index in [-0.39, 0.29) is 23.3 Å². The summed E-state index contributed by atoms with van der Waals surface area (Å²) in [6.45, 7) is 3.72. The first-order valence-electron chi connectivity index (χ1n) is 5.74. The molecule has 8 heteroatoms. The molecule has 0 aliphatic heterocycles. The molecule has 0 radical (unpaired) electrons. The van der Waals surface area contributed by atoms with Crippen LogP contribution in [0.2, 0.25) is 15.3 Å². The summed E-state index contributed by atoms with van der Waals surface area (Å²) in [5, 5.41) is 3.95. The molecule has 0 spiro atoms. The standard InChI is InChI=1S/C12H11Cl3N4O/c1-6(2)20-12-18-10(15)17-11(19-12)16-9-4-3-7(13)5-8(9)14/h3-6H,1-2H3,(H,16,17,18,19). The molecule has 106 valence electrons. The summed E-state index contributed by atoms with van der Waals surface area (Å²) in [4.78, 5) is 11.9. The maximum absolute atomic E-state index is 6.06.